The van der Waals surface area contributed by atoms with E-state index in [4.69, 9.17) is 4.74 Å². The fourth-order valence-electron chi connectivity index (χ4n) is 3.48. The number of piperazine rings is 1. The summed E-state index contributed by atoms with van der Waals surface area (Å²) in [5.41, 5.74) is 1.07. The standard InChI is InChI=1S/C21H25F2N3O2/c1-3-28-20-7-5-4-6-19(20)26-12-10-25(11-13-26)15(2)21(27)24-18-9-8-16(22)14-17(18)23/h4-9,14-15H,3,10-13H2,1-2H3,(H,24,27)/p+1/t15-/m0/s1. The van der Waals surface area contributed by atoms with E-state index in [1.807, 2.05) is 38.1 Å². The van der Waals surface area contributed by atoms with Gasteiger partial charge in [0.05, 0.1) is 44.2 Å². The summed E-state index contributed by atoms with van der Waals surface area (Å²) in [5, 5.41) is 2.57. The third-order valence-corrected chi connectivity index (χ3v) is 5.11. The number of rotatable bonds is 6. The van der Waals surface area contributed by atoms with Crippen molar-refractivity contribution in [1.82, 2.24) is 0 Å². The Hall–Kier alpha value is -2.67. The zero-order valence-electron chi connectivity index (χ0n) is 16.2. The molecule has 0 unspecified atom stereocenters. The van der Waals surface area contributed by atoms with Crippen LogP contribution in [0.4, 0.5) is 20.2 Å². The van der Waals surface area contributed by atoms with Gasteiger partial charge in [-0.3, -0.25) is 4.79 Å². The van der Waals surface area contributed by atoms with Gasteiger partial charge >= 0.3 is 0 Å². The first-order valence-corrected chi connectivity index (χ1v) is 9.57. The van der Waals surface area contributed by atoms with Gasteiger partial charge in [0.2, 0.25) is 0 Å². The molecule has 0 radical (unpaired) electrons. The fourth-order valence-corrected chi connectivity index (χ4v) is 3.48. The highest BCUT2D eigenvalue weighted by molar-refractivity contribution is 5.93. The van der Waals surface area contributed by atoms with Gasteiger partial charge in [-0.15, -0.1) is 0 Å². The normalized spacial score (nSPS) is 15.9. The average Bonchev–Trinajstić information content (AvgIpc) is 2.70. The number of quaternary nitrogens is 1. The Balaban J connectivity index is 1.59. The van der Waals surface area contributed by atoms with Gasteiger partial charge in [-0.1, -0.05) is 12.1 Å². The third kappa shape index (κ3) is 4.59. The fraction of sp³-hybridized carbons (Fsp3) is 0.381. The van der Waals surface area contributed by atoms with Crippen molar-refractivity contribution in [2.24, 2.45) is 0 Å². The van der Waals surface area contributed by atoms with Crippen molar-refractivity contribution in [2.75, 3.05) is 43.0 Å². The first kappa shape index (κ1) is 20.1. The Morgan fingerprint density at radius 2 is 1.93 bits per heavy atom. The van der Waals surface area contributed by atoms with Crippen LogP contribution in [0.1, 0.15) is 13.8 Å². The Morgan fingerprint density at radius 3 is 2.61 bits per heavy atom. The number of anilines is 2. The minimum atomic E-state index is -0.770. The number of nitrogens with zero attached hydrogens (tertiary/aromatic N) is 1. The minimum Gasteiger partial charge on any atom is -0.492 e. The molecule has 28 heavy (non-hydrogen) atoms. The number of carbonyl (C=O) groups is 1. The van der Waals surface area contributed by atoms with Crippen LogP contribution in [-0.2, 0) is 4.79 Å². The lowest BCUT2D eigenvalue weighted by Gasteiger charge is -2.36. The van der Waals surface area contributed by atoms with Gasteiger partial charge in [-0.25, -0.2) is 8.78 Å². The molecule has 1 saturated heterocycles. The molecule has 1 aliphatic heterocycles. The summed E-state index contributed by atoms with van der Waals surface area (Å²) in [4.78, 5) is 15.9. The number of ether oxygens (including phenoxy) is 1. The van der Waals surface area contributed by atoms with Gasteiger partial charge in [0.25, 0.3) is 5.91 Å². The van der Waals surface area contributed by atoms with Gasteiger partial charge in [0.1, 0.15) is 17.4 Å². The van der Waals surface area contributed by atoms with Gasteiger partial charge in [-0.2, -0.15) is 0 Å². The molecule has 0 saturated carbocycles. The second-order valence-electron chi connectivity index (χ2n) is 6.88. The molecule has 2 aromatic rings. The zero-order valence-corrected chi connectivity index (χ0v) is 16.2. The van der Waals surface area contributed by atoms with E-state index in [0.717, 1.165) is 54.6 Å². The number of amides is 1. The van der Waals surface area contributed by atoms with Crippen molar-refractivity contribution in [2.45, 2.75) is 19.9 Å². The molecular weight excluding hydrogens is 364 g/mol. The molecule has 7 heteroatoms. The highest BCUT2D eigenvalue weighted by Gasteiger charge is 2.30. The van der Waals surface area contributed by atoms with Crippen molar-refractivity contribution < 1.29 is 23.2 Å². The Kier molecular flexibility index (Phi) is 6.46. The lowest BCUT2D eigenvalue weighted by Crippen LogP contribution is -3.19. The maximum absolute atomic E-state index is 13.8. The van der Waals surface area contributed by atoms with E-state index in [2.05, 4.69) is 10.2 Å². The second kappa shape index (κ2) is 9.01. The van der Waals surface area contributed by atoms with Crippen LogP contribution in [0.3, 0.4) is 0 Å². The highest BCUT2D eigenvalue weighted by atomic mass is 19.1. The highest BCUT2D eigenvalue weighted by Crippen LogP contribution is 2.27. The summed E-state index contributed by atoms with van der Waals surface area (Å²) >= 11 is 0. The van der Waals surface area contributed by atoms with Crippen LogP contribution in [0.25, 0.3) is 0 Å². The van der Waals surface area contributed by atoms with Gasteiger partial charge < -0.3 is 19.9 Å². The van der Waals surface area contributed by atoms with Gasteiger partial charge in [0.15, 0.2) is 6.04 Å². The molecule has 0 bridgehead atoms. The van der Waals surface area contributed by atoms with Crippen LogP contribution >= 0.6 is 0 Å². The first-order valence-electron chi connectivity index (χ1n) is 9.57. The predicted molar refractivity (Wildman–Crippen MR) is 105 cm³/mol. The molecule has 0 aromatic heterocycles. The number of para-hydroxylation sites is 2. The number of nitrogens with one attached hydrogen (secondary N) is 2. The second-order valence-corrected chi connectivity index (χ2v) is 6.88. The van der Waals surface area contributed by atoms with Crippen molar-refractivity contribution in [1.29, 1.82) is 0 Å². The molecule has 5 nitrogen and oxygen atoms in total. The number of hydrogen-bond acceptors (Lipinski definition) is 3. The van der Waals surface area contributed by atoms with Gasteiger partial charge in [-0.05, 0) is 38.1 Å². The van der Waals surface area contributed by atoms with E-state index in [0.29, 0.717) is 6.61 Å². The van der Waals surface area contributed by atoms with Crippen LogP contribution in [0.15, 0.2) is 42.5 Å². The summed E-state index contributed by atoms with van der Waals surface area (Å²) in [6.07, 6.45) is 0. The van der Waals surface area contributed by atoms with Crippen molar-refractivity contribution >= 4 is 17.3 Å². The number of halogens is 2. The quantitative estimate of drug-likeness (QED) is 0.794. The molecule has 1 atom stereocenters. The van der Waals surface area contributed by atoms with E-state index in [-0.39, 0.29) is 17.6 Å². The summed E-state index contributed by atoms with van der Waals surface area (Å²) in [6, 6.07) is 10.8. The number of hydrogen-bond donors (Lipinski definition) is 2. The lowest BCUT2D eigenvalue weighted by molar-refractivity contribution is -0.914. The largest absolute Gasteiger partial charge is 0.492 e. The van der Waals surface area contributed by atoms with E-state index in [9.17, 15) is 13.6 Å². The lowest BCUT2D eigenvalue weighted by atomic mass is 10.2. The monoisotopic (exact) mass is 390 g/mol. The number of carbonyl (C=O) groups excluding carboxylic acids is 1. The Morgan fingerprint density at radius 1 is 1.21 bits per heavy atom. The number of benzene rings is 2. The third-order valence-electron chi connectivity index (χ3n) is 5.11. The molecule has 2 aromatic carbocycles. The van der Waals surface area contributed by atoms with E-state index < -0.39 is 11.6 Å². The van der Waals surface area contributed by atoms with Crippen LogP contribution in [0, 0.1) is 11.6 Å². The smallest absolute Gasteiger partial charge is 0.282 e. The van der Waals surface area contributed by atoms with Crippen molar-refractivity contribution in [3.8, 4) is 5.75 Å². The molecule has 1 amide bonds. The topological polar surface area (TPSA) is 46.0 Å². The van der Waals surface area contributed by atoms with E-state index >= 15 is 0 Å². The molecule has 150 valence electrons. The van der Waals surface area contributed by atoms with Crippen LogP contribution < -0.4 is 19.9 Å². The van der Waals surface area contributed by atoms with E-state index in [1.165, 1.54) is 6.07 Å². The molecule has 2 N–H and O–H groups in total. The van der Waals surface area contributed by atoms with E-state index in [1.54, 1.807) is 0 Å². The average molecular weight is 390 g/mol. The minimum absolute atomic E-state index is 0.00178. The molecule has 0 aliphatic carbocycles. The van der Waals surface area contributed by atoms with Crippen LogP contribution in [-0.4, -0.2) is 44.7 Å². The zero-order chi connectivity index (χ0) is 20.1. The molecule has 1 heterocycles. The SMILES string of the molecule is CCOc1ccccc1N1CC[NH+]([C@@H](C)C(=O)Nc2ccc(F)cc2F)CC1. The van der Waals surface area contributed by atoms with Gasteiger partial charge in [0, 0.05) is 6.07 Å². The summed E-state index contributed by atoms with van der Waals surface area (Å²) < 4.78 is 32.5. The molecule has 1 fully saturated rings. The summed E-state index contributed by atoms with van der Waals surface area (Å²) in [6.45, 7) is 7.55. The maximum atomic E-state index is 13.8. The molecular formula is C21H26F2N3O2+. The Labute approximate surface area is 163 Å². The van der Waals surface area contributed by atoms with Crippen molar-refractivity contribution in [3.05, 3.63) is 54.1 Å². The molecule has 0 spiro atoms. The summed E-state index contributed by atoms with van der Waals surface area (Å²) in [5.74, 6) is -0.847. The molecule has 1 aliphatic rings. The molecule has 3 rings (SSSR count). The van der Waals surface area contributed by atoms with Crippen molar-refractivity contribution in [3.63, 3.8) is 0 Å². The van der Waals surface area contributed by atoms with Crippen LogP contribution in [0.5, 0.6) is 5.75 Å². The first-order chi connectivity index (χ1) is 13.5. The predicted octanol–water partition coefficient (Wildman–Crippen LogP) is 2.10. The summed E-state index contributed by atoms with van der Waals surface area (Å²) in [7, 11) is 0. The maximum Gasteiger partial charge on any atom is 0.282 e. The Bertz CT molecular complexity index is 823. The van der Waals surface area contributed by atoms with Crippen LogP contribution in [0.2, 0.25) is 0 Å².